The van der Waals surface area contributed by atoms with Crippen molar-refractivity contribution in [3.8, 4) is 0 Å². The van der Waals surface area contributed by atoms with E-state index in [-0.39, 0.29) is 5.84 Å². The Morgan fingerprint density at radius 3 is 3.00 bits per heavy atom. The summed E-state index contributed by atoms with van der Waals surface area (Å²) in [6.07, 6.45) is 3.23. The third-order valence-electron chi connectivity index (χ3n) is 2.31. The van der Waals surface area contributed by atoms with Crippen LogP contribution in [0.3, 0.4) is 0 Å². The maximum absolute atomic E-state index is 7.16. The van der Waals surface area contributed by atoms with Crippen molar-refractivity contribution in [3.63, 3.8) is 0 Å². The predicted molar refractivity (Wildman–Crippen MR) is 63.2 cm³/mol. The van der Waals surface area contributed by atoms with Crippen LogP contribution in [0, 0.1) is 5.41 Å². The van der Waals surface area contributed by atoms with Gasteiger partial charge >= 0.3 is 0 Å². The van der Waals surface area contributed by atoms with Crippen LogP contribution in [-0.4, -0.2) is 39.1 Å². The largest absolute Gasteiger partial charge is 0.388 e. The van der Waals surface area contributed by atoms with E-state index in [0.717, 1.165) is 31.9 Å². The van der Waals surface area contributed by atoms with Crippen LogP contribution >= 0.6 is 0 Å². The Labute approximate surface area is 96.0 Å². The topological polar surface area (TPSA) is 83.8 Å². The van der Waals surface area contributed by atoms with Gasteiger partial charge in [-0.25, -0.2) is 9.67 Å². The highest BCUT2D eigenvalue weighted by Crippen LogP contribution is 2.00. The van der Waals surface area contributed by atoms with E-state index in [1.807, 2.05) is 11.7 Å². The van der Waals surface area contributed by atoms with Gasteiger partial charge in [0.2, 0.25) is 0 Å². The standard InChI is InChI=1S/C10H20N6/c1-3-5-16-10(13-8-14-16)7-15(2)6-4-9(11)12/h8H,3-7H2,1-2H3,(H3,11,12). The molecule has 0 atom stereocenters. The monoisotopic (exact) mass is 224 g/mol. The van der Waals surface area contributed by atoms with Gasteiger partial charge in [0, 0.05) is 19.5 Å². The van der Waals surface area contributed by atoms with Crippen LogP contribution in [0.4, 0.5) is 0 Å². The van der Waals surface area contributed by atoms with Crippen LogP contribution < -0.4 is 5.73 Å². The first-order chi connectivity index (χ1) is 7.63. The number of hydrogen-bond acceptors (Lipinski definition) is 4. The van der Waals surface area contributed by atoms with Crippen molar-refractivity contribution in [2.75, 3.05) is 13.6 Å². The minimum absolute atomic E-state index is 0.224. The van der Waals surface area contributed by atoms with Crippen molar-refractivity contribution in [2.24, 2.45) is 5.73 Å². The molecule has 0 unspecified atom stereocenters. The van der Waals surface area contributed by atoms with E-state index < -0.39 is 0 Å². The van der Waals surface area contributed by atoms with E-state index in [2.05, 4.69) is 21.9 Å². The molecule has 3 N–H and O–H groups in total. The fourth-order valence-corrected chi connectivity index (χ4v) is 1.44. The Bertz CT molecular complexity index is 332. The quantitative estimate of drug-likeness (QED) is 0.520. The molecular formula is C10H20N6. The van der Waals surface area contributed by atoms with Crippen LogP contribution in [-0.2, 0) is 13.1 Å². The first kappa shape index (κ1) is 12.6. The maximum Gasteiger partial charge on any atom is 0.140 e. The summed E-state index contributed by atoms with van der Waals surface area (Å²) in [5.74, 6) is 1.19. The Hall–Kier alpha value is -1.43. The minimum Gasteiger partial charge on any atom is -0.388 e. The summed E-state index contributed by atoms with van der Waals surface area (Å²) in [6, 6.07) is 0. The van der Waals surface area contributed by atoms with Crippen LogP contribution in [0.15, 0.2) is 6.33 Å². The zero-order valence-electron chi connectivity index (χ0n) is 9.98. The Kier molecular flexibility index (Phi) is 4.91. The molecule has 0 spiro atoms. The molecular weight excluding hydrogens is 204 g/mol. The number of nitrogens with two attached hydrogens (primary N) is 1. The van der Waals surface area contributed by atoms with Gasteiger partial charge in [0.25, 0.3) is 0 Å². The minimum atomic E-state index is 0.224. The summed E-state index contributed by atoms with van der Waals surface area (Å²) in [6.45, 7) is 4.53. The molecule has 16 heavy (non-hydrogen) atoms. The molecule has 6 heteroatoms. The first-order valence-electron chi connectivity index (χ1n) is 5.51. The highest BCUT2D eigenvalue weighted by molar-refractivity contribution is 5.76. The number of aryl methyl sites for hydroxylation is 1. The lowest BCUT2D eigenvalue weighted by Gasteiger charge is -2.15. The third kappa shape index (κ3) is 3.98. The smallest absolute Gasteiger partial charge is 0.140 e. The maximum atomic E-state index is 7.16. The van der Waals surface area contributed by atoms with E-state index in [9.17, 15) is 0 Å². The molecule has 0 radical (unpaired) electrons. The highest BCUT2D eigenvalue weighted by Gasteiger charge is 2.07. The number of rotatable bonds is 7. The molecule has 0 saturated carbocycles. The van der Waals surface area contributed by atoms with Gasteiger partial charge in [-0.2, -0.15) is 5.10 Å². The summed E-state index contributed by atoms with van der Waals surface area (Å²) >= 11 is 0. The summed E-state index contributed by atoms with van der Waals surface area (Å²) in [7, 11) is 1.99. The van der Waals surface area contributed by atoms with Gasteiger partial charge in [-0.1, -0.05) is 6.92 Å². The highest BCUT2D eigenvalue weighted by atomic mass is 15.3. The van der Waals surface area contributed by atoms with Crippen molar-refractivity contribution in [1.29, 1.82) is 5.41 Å². The lowest BCUT2D eigenvalue weighted by molar-refractivity contribution is 0.318. The Morgan fingerprint density at radius 1 is 1.62 bits per heavy atom. The molecule has 0 amide bonds. The molecule has 0 fully saturated rings. The second-order valence-corrected chi connectivity index (χ2v) is 3.91. The Morgan fingerprint density at radius 2 is 2.38 bits per heavy atom. The lowest BCUT2D eigenvalue weighted by atomic mass is 10.3. The lowest BCUT2D eigenvalue weighted by Crippen LogP contribution is -2.25. The number of amidine groups is 1. The number of nitrogens with zero attached hydrogens (tertiary/aromatic N) is 4. The second-order valence-electron chi connectivity index (χ2n) is 3.91. The molecule has 0 aromatic carbocycles. The molecule has 1 heterocycles. The van der Waals surface area contributed by atoms with Crippen LogP contribution in [0.2, 0.25) is 0 Å². The summed E-state index contributed by atoms with van der Waals surface area (Å²) in [5.41, 5.74) is 5.32. The van der Waals surface area contributed by atoms with Crippen LogP contribution in [0.25, 0.3) is 0 Å². The van der Waals surface area contributed by atoms with E-state index in [1.54, 1.807) is 6.33 Å². The summed E-state index contributed by atoms with van der Waals surface area (Å²) < 4.78 is 1.92. The van der Waals surface area contributed by atoms with E-state index in [1.165, 1.54) is 0 Å². The molecule has 0 bridgehead atoms. The van der Waals surface area contributed by atoms with Gasteiger partial charge in [0.15, 0.2) is 0 Å². The number of nitrogens with one attached hydrogen (secondary N) is 1. The fourth-order valence-electron chi connectivity index (χ4n) is 1.44. The second kappa shape index (κ2) is 6.22. The SMILES string of the molecule is CCCn1ncnc1CN(C)CCC(=N)N. The Balaban J connectivity index is 2.45. The van der Waals surface area contributed by atoms with E-state index in [0.29, 0.717) is 6.42 Å². The van der Waals surface area contributed by atoms with Gasteiger partial charge in [0.05, 0.1) is 12.4 Å². The molecule has 0 aliphatic heterocycles. The molecule has 0 aliphatic rings. The van der Waals surface area contributed by atoms with Crippen molar-refractivity contribution in [3.05, 3.63) is 12.2 Å². The number of hydrogen-bond donors (Lipinski definition) is 2. The van der Waals surface area contributed by atoms with Crippen molar-refractivity contribution < 1.29 is 0 Å². The summed E-state index contributed by atoms with van der Waals surface area (Å²) in [4.78, 5) is 6.32. The molecule has 1 aromatic rings. The molecule has 0 saturated heterocycles. The molecule has 0 aliphatic carbocycles. The van der Waals surface area contributed by atoms with Crippen molar-refractivity contribution in [1.82, 2.24) is 19.7 Å². The van der Waals surface area contributed by atoms with Crippen LogP contribution in [0.1, 0.15) is 25.6 Å². The van der Waals surface area contributed by atoms with Gasteiger partial charge in [-0.15, -0.1) is 0 Å². The van der Waals surface area contributed by atoms with E-state index >= 15 is 0 Å². The van der Waals surface area contributed by atoms with Gasteiger partial charge < -0.3 is 5.73 Å². The van der Waals surface area contributed by atoms with Crippen molar-refractivity contribution in [2.45, 2.75) is 32.9 Å². The van der Waals surface area contributed by atoms with Crippen molar-refractivity contribution >= 4 is 5.84 Å². The van der Waals surface area contributed by atoms with Gasteiger partial charge in [-0.05, 0) is 13.5 Å². The number of aromatic nitrogens is 3. The first-order valence-corrected chi connectivity index (χ1v) is 5.51. The fraction of sp³-hybridized carbons (Fsp3) is 0.700. The normalized spacial score (nSPS) is 10.9. The average molecular weight is 224 g/mol. The third-order valence-corrected chi connectivity index (χ3v) is 2.31. The van der Waals surface area contributed by atoms with Crippen LogP contribution in [0.5, 0.6) is 0 Å². The van der Waals surface area contributed by atoms with Gasteiger partial charge in [0.1, 0.15) is 12.2 Å². The molecule has 90 valence electrons. The van der Waals surface area contributed by atoms with Gasteiger partial charge in [-0.3, -0.25) is 10.3 Å². The predicted octanol–water partition coefficient (Wildman–Crippen LogP) is 0.446. The summed E-state index contributed by atoms with van der Waals surface area (Å²) in [5, 5.41) is 11.3. The zero-order valence-corrected chi connectivity index (χ0v) is 9.98. The van der Waals surface area contributed by atoms with E-state index in [4.69, 9.17) is 11.1 Å². The molecule has 1 aromatic heterocycles. The zero-order chi connectivity index (χ0) is 12.0. The molecule has 6 nitrogen and oxygen atoms in total. The molecule has 1 rings (SSSR count). The average Bonchev–Trinajstić information content (AvgIpc) is 2.63.